The molecule has 0 aliphatic rings. The minimum absolute atomic E-state index is 0.229. The zero-order valence-corrected chi connectivity index (χ0v) is 9.51. The van der Waals surface area contributed by atoms with E-state index in [0.29, 0.717) is 6.54 Å². The summed E-state index contributed by atoms with van der Waals surface area (Å²) in [6.07, 6.45) is 3.03. The van der Waals surface area contributed by atoms with Gasteiger partial charge in [-0.2, -0.15) is 0 Å². The van der Waals surface area contributed by atoms with Gasteiger partial charge in [0, 0.05) is 18.0 Å². The van der Waals surface area contributed by atoms with Gasteiger partial charge in [0.25, 0.3) is 0 Å². The van der Waals surface area contributed by atoms with Gasteiger partial charge in [0.05, 0.1) is 18.5 Å². The monoisotopic (exact) mass is 236 g/mol. The average Bonchev–Trinajstić information content (AvgIpc) is 2.78. The normalized spacial score (nSPS) is 12.6. The maximum atomic E-state index is 9.52. The molecule has 0 fully saturated rings. The first kappa shape index (κ1) is 11.2. The van der Waals surface area contributed by atoms with Crippen LogP contribution in [-0.4, -0.2) is 26.6 Å². The molecule has 0 saturated heterocycles. The second-order valence-electron chi connectivity index (χ2n) is 3.58. The molecule has 1 heterocycles. The van der Waals surface area contributed by atoms with Crippen LogP contribution in [0.2, 0.25) is 0 Å². The van der Waals surface area contributed by atoms with E-state index < -0.39 is 6.10 Å². The summed E-state index contributed by atoms with van der Waals surface area (Å²) in [5, 5.41) is 9.52. The molecule has 84 valence electrons. The number of aromatic nitrogens is 2. The van der Waals surface area contributed by atoms with Crippen LogP contribution in [0.15, 0.2) is 42.7 Å². The van der Waals surface area contributed by atoms with Crippen LogP contribution >= 0.6 is 11.6 Å². The Balaban J connectivity index is 2.26. The molecule has 2 aromatic rings. The molecule has 0 amide bonds. The number of halogens is 1. The number of benzene rings is 1. The molecule has 16 heavy (non-hydrogen) atoms. The van der Waals surface area contributed by atoms with Crippen LogP contribution in [0.4, 0.5) is 0 Å². The van der Waals surface area contributed by atoms with E-state index in [2.05, 4.69) is 4.98 Å². The van der Waals surface area contributed by atoms with E-state index >= 15 is 0 Å². The number of nitrogens with zero attached hydrogens (tertiary/aromatic N) is 2. The molecule has 1 unspecified atom stereocenters. The molecule has 4 heteroatoms. The van der Waals surface area contributed by atoms with Crippen LogP contribution in [0.25, 0.3) is 11.4 Å². The second kappa shape index (κ2) is 5.14. The quantitative estimate of drug-likeness (QED) is 0.827. The van der Waals surface area contributed by atoms with E-state index in [1.165, 1.54) is 0 Å². The largest absolute Gasteiger partial charge is 0.390 e. The highest BCUT2D eigenvalue weighted by molar-refractivity contribution is 6.18. The molecule has 1 aromatic heterocycles. The van der Waals surface area contributed by atoms with Crippen LogP contribution in [0.3, 0.4) is 0 Å². The van der Waals surface area contributed by atoms with Crippen LogP contribution in [0, 0.1) is 0 Å². The van der Waals surface area contributed by atoms with Crippen molar-refractivity contribution in [2.45, 2.75) is 12.6 Å². The average molecular weight is 237 g/mol. The summed E-state index contributed by atoms with van der Waals surface area (Å²) in [4.78, 5) is 4.28. The van der Waals surface area contributed by atoms with Gasteiger partial charge in [-0.3, -0.25) is 0 Å². The Morgan fingerprint density at radius 1 is 1.31 bits per heavy atom. The molecule has 0 saturated carbocycles. The molecule has 2 rings (SSSR count). The molecule has 1 N–H and O–H groups in total. The van der Waals surface area contributed by atoms with Crippen LogP contribution in [0.5, 0.6) is 0 Å². The first-order chi connectivity index (χ1) is 7.81. The summed E-state index contributed by atoms with van der Waals surface area (Å²) in [7, 11) is 0. The van der Waals surface area contributed by atoms with E-state index in [4.69, 9.17) is 11.6 Å². The van der Waals surface area contributed by atoms with Crippen molar-refractivity contribution in [3.63, 3.8) is 0 Å². The fraction of sp³-hybridized carbons (Fsp3) is 0.250. The molecule has 0 spiro atoms. The minimum atomic E-state index is -0.543. The molecular formula is C12H13ClN2O. The fourth-order valence-corrected chi connectivity index (χ4v) is 1.68. The van der Waals surface area contributed by atoms with Crippen molar-refractivity contribution >= 4 is 11.6 Å². The van der Waals surface area contributed by atoms with Crippen LogP contribution in [-0.2, 0) is 6.54 Å². The number of aliphatic hydroxyl groups is 1. The van der Waals surface area contributed by atoms with Crippen molar-refractivity contribution in [2.24, 2.45) is 0 Å². The molecule has 0 aliphatic carbocycles. The maximum Gasteiger partial charge on any atom is 0.139 e. The summed E-state index contributed by atoms with van der Waals surface area (Å²) >= 11 is 5.58. The van der Waals surface area contributed by atoms with E-state index in [-0.39, 0.29) is 5.88 Å². The third-order valence-electron chi connectivity index (χ3n) is 2.33. The lowest BCUT2D eigenvalue weighted by atomic mass is 10.2. The summed E-state index contributed by atoms with van der Waals surface area (Å²) in [6.45, 7) is 0.466. The van der Waals surface area contributed by atoms with Gasteiger partial charge in [-0.25, -0.2) is 4.98 Å². The van der Waals surface area contributed by atoms with Gasteiger partial charge in [-0.15, -0.1) is 11.6 Å². The van der Waals surface area contributed by atoms with E-state index in [1.54, 1.807) is 6.20 Å². The van der Waals surface area contributed by atoms with Crippen molar-refractivity contribution in [2.75, 3.05) is 5.88 Å². The van der Waals surface area contributed by atoms with Gasteiger partial charge in [-0.1, -0.05) is 30.3 Å². The van der Waals surface area contributed by atoms with Gasteiger partial charge in [0.2, 0.25) is 0 Å². The fourth-order valence-electron chi connectivity index (χ4n) is 1.58. The molecule has 3 nitrogen and oxygen atoms in total. The first-order valence-electron chi connectivity index (χ1n) is 5.12. The second-order valence-corrected chi connectivity index (χ2v) is 3.89. The summed E-state index contributed by atoms with van der Waals surface area (Å²) in [6, 6.07) is 9.88. The lowest BCUT2D eigenvalue weighted by Crippen LogP contribution is -2.17. The molecular weight excluding hydrogens is 224 g/mol. The minimum Gasteiger partial charge on any atom is -0.390 e. The van der Waals surface area contributed by atoms with E-state index in [9.17, 15) is 5.11 Å². The highest BCUT2D eigenvalue weighted by Crippen LogP contribution is 2.17. The zero-order chi connectivity index (χ0) is 11.4. The Morgan fingerprint density at radius 2 is 2.06 bits per heavy atom. The maximum absolute atomic E-state index is 9.52. The summed E-state index contributed by atoms with van der Waals surface area (Å²) in [5.41, 5.74) is 1.04. The molecule has 1 aromatic carbocycles. The topological polar surface area (TPSA) is 38.0 Å². The standard InChI is InChI=1S/C12H13ClN2O/c13-8-11(16)9-15-7-6-14-12(15)10-4-2-1-3-5-10/h1-7,11,16H,8-9H2. The molecule has 0 bridgehead atoms. The Morgan fingerprint density at radius 3 is 2.75 bits per heavy atom. The molecule has 0 radical (unpaired) electrons. The highest BCUT2D eigenvalue weighted by atomic mass is 35.5. The number of hydrogen-bond acceptors (Lipinski definition) is 2. The van der Waals surface area contributed by atoms with Crippen molar-refractivity contribution in [3.8, 4) is 11.4 Å². The van der Waals surface area contributed by atoms with Crippen LogP contribution < -0.4 is 0 Å². The highest BCUT2D eigenvalue weighted by Gasteiger charge is 2.08. The van der Waals surface area contributed by atoms with Crippen LogP contribution in [0.1, 0.15) is 0 Å². The van der Waals surface area contributed by atoms with Gasteiger partial charge >= 0.3 is 0 Å². The van der Waals surface area contributed by atoms with Gasteiger partial charge in [0.15, 0.2) is 0 Å². The van der Waals surface area contributed by atoms with Gasteiger partial charge in [0.1, 0.15) is 5.82 Å². The van der Waals surface area contributed by atoms with Crippen molar-refractivity contribution in [1.82, 2.24) is 9.55 Å². The lowest BCUT2D eigenvalue weighted by Gasteiger charge is -2.11. The number of imidazole rings is 1. The number of hydrogen-bond donors (Lipinski definition) is 1. The van der Waals surface area contributed by atoms with Crippen molar-refractivity contribution in [3.05, 3.63) is 42.7 Å². The Hall–Kier alpha value is -1.32. The molecule has 0 aliphatic heterocycles. The zero-order valence-electron chi connectivity index (χ0n) is 8.75. The van der Waals surface area contributed by atoms with E-state index in [0.717, 1.165) is 11.4 Å². The Labute approximate surface area is 99.3 Å². The number of alkyl halides is 1. The predicted molar refractivity (Wildman–Crippen MR) is 64.4 cm³/mol. The smallest absolute Gasteiger partial charge is 0.139 e. The Bertz CT molecular complexity index is 441. The van der Waals surface area contributed by atoms with Gasteiger partial charge in [-0.05, 0) is 0 Å². The lowest BCUT2D eigenvalue weighted by molar-refractivity contribution is 0.177. The van der Waals surface area contributed by atoms with Crippen molar-refractivity contribution < 1.29 is 5.11 Å². The first-order valence-corrected chi connectivity index (χ1v) is 5.65. The van der Waals surface area contributed by atoms with Crippen molar-refractivity contribution in [1.29, 1.82) is 0 Å². The Kier molecular flexibility index (Phi) is 3.59. The third kappa shape index (κ3) is 2.43. The third-order valence-corrected chi connectivity index (χ3v) is 2.69. The summed E-state index contributed by atoms with van der Waals surface area (Å²) < 4.78 is 1.91. The number of rotatable bonds is 4. The van der Waals surface area contributed by atoms with Gasteiger partial charge < -0.3 is 9.67 Å². The summed E-state index contributed by atoms with van der Waals surface area (Å²) in [5.74, 6) is 1.08. The number of aliphatic hydroxyl groups excluding tert-OH is 1. The van der Waals surface area contributed by atoms with E-state index in [1.807, 2.05) is 41.1 Å². The predicted octanol–water partition coefficient (Wildman–Crippen LogP) is 2.15. The SMILES string of the molecule is OC(CCl)Cn1ccnc1-c1ccccc1. The molecule has 1 atom stereocenters.